The molecule has 2 aliphatic rings. The molecule has 0 N–H and O–H groups in total. The van der Waals surface area contributed by atoms with Crippen molar-refractivity contribution in [2.24, 2.45) is 0 Å². The van der Waals surface area contributed by atoms with E-state index in [2.05, 4.69) is 4.90 Å². The molecule has 0 spiro atoms. The van der Waals surface area contributed by atoms with Gasteiger partial charge in [-0.15, -0.1) is 0 Å². The van der Waals surface area contributed by atoms with E-state index >= 15 is 0 Å². The van der Waals surface area contributed by atoms with Gasteiger partial charge in [-0.2, -0.15) is 23.4 Å². The molecule has 5 nitrogen and oxygen atoms in total. The normalized spacial score (nSPS) is 18.3. The third-order valence-electron chi connectivity index (χ3n) is 5.69. The molecule has 4 rings (SSSR count). The van der Waals surface area contributed by atoms with E-state index in [-0.39, 0.29) is 12.4 Å². The van der Waals surface area contributed by atoms with Gasteiger partial charge >= 0.3 is 6.18 Å². The maximum atomic E-state index is 13.0. The fraction of sp³-hybridized carbons (Fsp3) is 0.348. The fourth-order valence-corrected chi connectivity index (χ4v) is 4.49. The van der Waals surface area contributed by atoms with Crippen molar-refractivity contribution in [3.8, 4) is 0 Å². The molecule has 1 saturated heterocycles. The van der Waals surface area contributed by atoms with Gasteiger partial charge in [-0.25, -0.2) is 0 Å². The Balaban J connectivity index is 1.47. The summed E-state index contributed by atoms with van der Waals surface area (Å²) in [5.74, 6) is -0.110. The first kappa shape index (κ1) is 24.0. The summed E-state index contributed by atoms with van der Waals surface area (Å²) in [4.78, 5) is 20.2. The first-order chi connectivity index (χ1) is 15.6. The van der Waals surface area contributed by atoms with Gasteiger partial charge in [0.25, 0.3) is 0 Å². The molecule has 1 fully saturated rings. The smallest absolute Gasteiger partial charge is 0.296 e. The summed E-state index contributed by atoms with van der Waals surface area (Å²) in [6.45, 7) is 4.41. The fourth-order valence-electron chi connectivity index (χ4n) is 3.99. The number of halogens is 5. The van der Waals surface area contributed by atoms with Crippen LogP contribution in [0.5, 0.6) is 0 Å². The van der Waals surface area contributed by atoms with Gasteiger partial charge in [0, 0.05) is 43.3 Å². The number of hydrogen-bond acceptors (Lipinski definition) is 5. The number of hydrazine groups is 1. The molecule has 0 unspecified atom stereocenters. The van der Waals surface area contributed by atoms with Gasteiger partial charge in [0.2, 0.25) is 0 Å². The third-order valence-corrected chi connectivity index (χ3v) is 6.23. The predicted molar refractivity (Wildman–Crippen MR) is 120 cm³/mol. The Labute approximate surface area is 199 Å². The topological polar surface area (TPSA) is 36.0 Å². The Bertz CT molecular complexity index is 1080. The summed E-state index contributed by atoms with van der Waals surface area (Å²) in [6, 6.07) is 10.5. The van der Waals surface area contributed by atoms with Crippen molar-refractivity contribution in [1.82, 2.24) is 15.1 Å². The van der Waals surface area contributed by atoms with Gasteiger partial charge in [-0.3, -0.25) is 14.5 Å². The minimum atomic E-state index is -4.36. The monoisotopic (exact) mass is 499 g/mol. The van der Waals surface area contributed by atoms with Crippen LogP contribution in [0.25, 0.3) is 5.70 Å². The van der Waals surface area contributed by atoms with Crippen molar-refractivity contribution >= 4 is 34.7 Å². The highest BCUT2D eigenvalue weighted by molar-refractivity contribution is 6.35. The molecule has 33 heavy (non-hydrogen) atoms. The van der Waals surface area contributed by atoms with Gasteiger partial charge in [0.05, 0.1) is 16.2 Å². The van der Waals surface area contributed by atoms with E-state index in [1.165, 1.54) is 19.1 Å². The number of rotatable bonds is 5. The Hall–Kier alpha value is -2.10. The van der Waals surface area contributed by atoms with Gasteiger partial charge in [0.15, 0.2) is 5.78 Å². The van der Waals surface area contributed by atoms with E-state index in [4.69, 9.17) is 28.0 Å². The van der Waals surface area contributed by atoms with E-state index in [0.29, 0.717) is 65.2 Å². The highest BCUT2D eigenvalue weighted by Gasteiger charge is 2.35. The van der Waals surface area contributed by atoms with Crippen LogP contribution in [-0.4, -0.2) is 53.7 Å². The number of hydroxylamine groups is 1. The van der Waals surface area contributed by atoms with E-state index in [1.807, 2.05) is 5.01 Å². The molecule has 0 amide bonds. The van der Waals surface area contributed by atoms with Crippen molar-refractivity contribution in [3.05, 3.63) is 74.8 Å². The summed E-state index contributed by atoms with van der Waals surface area (Å²) < 4.78 is 39.0. The molecular weight excluding hydrogens is 478 g/mol. The van der Waals surface area contributed by atoms with Crippen LogP contribution in [0.15, 0.2) is 48.0 Å². The summed E-state index contributed by atoms with van der Waals surface area (Å²) >= 11 is 12.5. The standard InChI is InChI=1S/C23H22Cl2F3N3O2/c1-15(32)20-14-33-31(22(20)19-6-5-18(24)12-21(19)25)30-9-7-29(8-10-30)13-16-3-2-4-17(11-16)23(26,27)28/h2-6,11-12H,7-10,13-14H2,1H3. The summed E-state index contributed by atoms with van der Waals surface area (Å²) in [6.07, 6.45) is -4.36. The first-order valence-corrected chi connectivity index (χ1v) is 11.1. The third kappa shape index (κ3) is 5.36. The largest absolute Gasteiger partial charge is 0.416 e. The van der Waals surface area contributed by atoms with Crippen LogP contribution in [0.3, 0.4) is 0 Å². The molecule has 2 heterocycles. The van der Waals surface area contributed by atoms with Crippen LogP contribution in [-0.2, 0) is 22.4 Å². The number of carbonyl (C=O) groups is 1. The number of ketones is 1. The van der Waals surface area contributed by atoms with Crippen LogP contribution < -0.4 is 0 Å². The molecule has 0 aliphatic carbocycles. The highest BCUT2D eigenvalue weighted by atomic mass is 35.5. The molecule has 10 heteroatoms. The second-order valence-corrected chi connectivity index (χ2v) is 8.83. The van der Waals surface area contributed by atoms with Gasteiger partial charge in [0.1, 0.15) is 12.3 Å². The van der Waals surface area contributed by atoms with Crippen molar-refractivity contribution in [3.63, 3.8) is 0 Å². The van der Waals surface area contributed by atoms with Crippen LogP contribution >= 0.6 is 23.2 Å². The Morgan fingerprint density at radius 1 is 1.06 bits per heavy atom. The van der Waals surface area contributed by atoms with Crippen molar-refractivity contribution in [2.45, 2.75) is 19.6 Å². The van der Waals surface area contributed by atoms with Crippen molar-refractivity contribution in [1.29, 1.82) is 0 Å². The van der Waals surface area contributed by atoms with Crippen molar-refractivity contribution < 1.29 is 22.8 Å². The number of carbonyl (C=O) groups excluding carboxylic acids is 1. The Kier molecular flexibility index (Phi) is 7.02. The zero-order chi connectivity index (χ0) is 23.8. The lowest BCUT2D eigenvalue weighted by Gasteiger charge is -2.40. The molecule has 0 aromatic heterocycles. The average Bonchev–Trinajstić information content (AvgIpc) is 3.19. The molecule has 176 valence electrons. The number of nitrogens with zero attached hydrogens (tertiary/aromatic N) is 3. The molecular formula is C23H22Cl2F3N3O2. The lowest BCUT2D eigenvalue weighted by Crippen LogP contribution is -2.51. The summed E-state index contributed by atoms with van der Waals surface area (Å²) in [5, 5.41) is 4.49. The van der Waals surface area contributed by atoms with Gasteiger partial charge in [-0.1, -0.05) is 41.4 Å². The maximum absolute atomic E-state index is 13.0. The molecule has 2 aliphatic heterocycles. The summed E-state index contributed by atoms with van der Waals surface area (Å²) in [5.41, 5.74) is 1.73. The quantitative estimate of drug-likeness (QED) is 0.558. The Morgan fingerprint density at radius 3 is 2.42 bits per heavy atom. The van der Waals surface area contributed by atoms with Crippen LogP contribution in [0, 0.1) is 0 Å². The van der Waals surface area contributed by atoms with E-state index in [1.54, 1.807) is 29.4 Å². The molecule has 0 saturated carbocycles. The van der Waals surface area contributed by atoms with Crippen molar-refractivity contribution in [2.75, 3.05) is 32.8 Å². The number of benzene rings is 2. The minimum Gasteiger partial charge on any atom is -0.296 e. The van der Waals surface area contributed by atoms with E-state index in [9.17, 15) is 18.0 Å². The molecule has 2 aromatic rings. The van der Waals surface area contributed by atoms with E-state index in [0.717, 1.165) is 6.07 Å². The van der Waals surface area contributed by atoms with Crippen LogP contribution in [0.2, 0.25) is 10.0 Å². The lowest BCUT2D eigenvalue weighted by molar-refractivity contribution is -0.230. The highest BCUT2D eigenvalue weighted by Crippen LogP contribution is 2.37. The maximum Gasteiger partial charge on any atom is 0.416 e. The zero-order valence-electron chi connectivity index (χ0n) is 17.8. The number of Topliss-reactive ketones (excluding diaryl/α,β-unsaturated/α-hetero) is 1. The SMILES string of the molecule is CC(=O)C1=C(c2ccc(Cl)cc2Cl)N(N2CCN(Cc3cccc(C(F)(F)F)c3)CC2)OC1. The second kappa shape index (κ2) is 9.64. The van der Waals surface area contributed by atoms with Crippen LogP contribution in [0.4, 0.5) is 13.2 Å². The Morgan fingerprint density at radius 2 is 1.79 bits per heavy atom. The number of hydrogen-bond donors (Lipinski definition) is 0. The zero-order valence-corrected chi connectivity index (χ0v) is 19.3. The number of piperazine rings is 1. The first-order valence-electron chi connectivity index (χ1n) is 10.4. The van der Waals surface area contributed by atoms with Crippen LogP contribution in [0.1, 0.15) is 23.6 Å². The summed E-state index contributed by atoms with van der Waals surface area (Å²) in [7, 11) is 0. The molecule has 0 radical (unpaired) electrons. The molecule has 2 aromatic carbocycles. The second-order valence-electron chi connectivity index (χ2n) is 7.98. The molecule has 0 bridgehead atoms. The molecule has 0 atom stereocenters. The lowest BCUT2D eigenvalue weighted by atomic mass is 10.0. The van der Waals surface area contributed by atoms with E-state index < -0.39 is 11.7 Å². The number of alkyl halides is 3. The minimum absolute atomic E-state index is 0.110. The van der Waals surface area contributed by atoms with Gasteiger partial charge < -0.3 is 0 Å². The predicted octanol–water partition coefficient (Wildman–Crippen LogP) is 5.29. The average molecular weight is 500 g/mol. The van der Waals surface area contributed by atoms with Gasteiger partial charge in [-0.05, 0) is 36.8 Å².